The molecule has 8 nitrogen and oxygen atoms in total. The molecule has 43 heavy (non-hydrogen) atoms. The summed E-state index contributed by atoms with van der Waals surface area (Å²) < 4.78 is 5.96. The number of aromatic hydroxyl groups is 2. The number of likely N-dealkylation sites (N-methyl/N-ethyl adjacent to an activating group) is 2. The number of phenolic OH excluding ortho intramolecular Hbond substituents is 2. The van der Waals surface area contributed by atoms with Crippen LogP contribution in [0, 0.1) is 16.7 Å². The van der Waals surface area contributed by atoms with Gasteiger partial charge in [-0.3, -0.25) is 9.69 Å². The molecule has 2 aromatic rings. The van der Waals surface area contributed by atoms with Crippen LogP contribution in [0.5, 0.6) is 11.5 Å². The first kappa shape index (κ1) is 34.3. The third-order valence-corrected chi connectivity index (χ3v) is 10.2. The summed E-state index contributed by atoms with van der Waals surface area (Å²) in [6, 6.07) is 14.5. The van der Waals surface area contributed by atoms with Crippen LogP contribution in [-0.2, 0) is 32.0 Å². The summed E-state index contributed by atoms with van der Waals surface area (Å²) in [4.78, 5) is 35.0. The van der Waals surface area contributed by atoms with Crippen molar-refractivity contribution in [3.63, 3.8) is 0 Å². The van der Waals surface area contributed by atoms with Crippen molar-refractivity contribution in [1.29, 1.82) is 0 Å². The highest BCUT2D eigenvalue weighted by atomic mass is 16.5. The molecule has 4 unspecified atom stereocenters. The number of carbonyl (C=O) groups excluding carboxylic acids is 3. The van der Waals surface area contributed by atoms with E-state index in [1.807, 2.05) is 37.4 Å². The van der Waals surface area contributed by atoms with Gasteiger partial charge in [0.25, 0.3) is 0 Å². The number of hydrogen-bond acceptors (Lipinski definition) is 8. The fourth-order valence-corrected chi connectivity index (χ4v) is 6.77. The van der Waals surface area contributed by atoms with Gasteiger partial charge in [-0.15, -0.1) is 0 Å². The van der Waals surface area contributed by atoms with Crippen LogP contribution in [0.2, 0.25) is 0 Å². The van der Waals surface area contributed by atoms with Crippen molar-refractivity contribution >= 4 is 18.5 Å². The second kappa shape index (κ2) is 15.5. The number of nitrogens with one attached hydrogen (secondary N) is 1. The van der Waals surface area contributed by atoms with Gasteiger partial charge in [0, 0.05) is 11.8 Å². The quantitative estimate of drug-likeness (QED) is 0.209. The van der Waals surface area contributed by atoms with Crippen molar-refractivity contribution in [2.45, 2.75) is 90.3 Å². The molecule has 3 N–H and O–H groups in total. The number of hydrogen-bond donors (Lipinski definition) is 3. The molecule has 0 spiro atoms. The third-order valence-electron chi connectivity index (χ3n) is 10.2. The maximum atomic E-state index is 12.4. The zero-order chi connectivity index (χ0) is 31.6. The standard InChI is InChI=1S/C16H27NO2.C10H13NO.C9H10O3/c1-15(2)11-7-8-16(15,3)13(10-11)19-14(18)12-6-5-9-17(12)4;1-11-10(8-12)7-9-5-3-2-4-6-9;10-5-1-2-7-3-4-8(11)9(12)6-7/h11-13H,5-10H2,1-4H3;2-6,8,10-11H,7H2,1H3;3-6,11-12H,1-2H2/t;10-;/m.0./s1. The zero-order valence-corrected chi connectivity index (χ0v) is 26.4. The van der Waals surface area contributed by atoms with Crippen LogP contribution in [0.3, 0.4) is 0 Å². The first-order valence-corrected chi connectivity index (χ1v) is 15.5. The molecule has 1 saturated heterocycles. The molecular formula is C35H50N2O6. The van der Waals surface area contributed by atoms with Gasteiger partial charge in [-0.05, 0) is 100 Å². The van der Waals surface area contributed by atoms with Crippen molar-refractivity contribution in [3.8, 4) is 11.5 Å². The van der Waals surface area contributed by atoms with Crippen LogP contribution >= 0.6 is 0 Å². The number of benzene rings is 2. The Morgan fingerprint density at radius 1 is 1.07 bits per heavy atom. The number of rotatable bonds is 9. The van der Waals surface area contributed by atoms with Crippen LogP contribution in [0.4, 0.5) is 0 Å². The number of fused-ring (bicyclic) bond motifs is 2. The number of carbonyl (C=O) groups is 3. The van der Waals surface area contributed by atoms with E-state index in [-0.39, 0.29) is 41.1 Å². The largest absolute Gasteiger partial charge is 0.504 e. The molecule has 5 rings (SSSR count). The third kappa shape index (κ3) is 8.45. The molecule has 0 amide bonds. The van der Waals surface area contributed by atoms with Crippen molar-refractivity contribution in [2.24, 2.45) is 16.7 Å². The first-order chi connectivity index (χ1) is 20.5. The number of likely N-dealkylation sites (tertiary alicyclic amines) is 1. The topological polar surface area (TPSA) is 116 Å². The molecular weight excluding hydrogens is 544 g/mol. The summed E-state index contributed by atoms with van der Waals surface area (Å²) in [6.45, 7) is 8.08. The van der Waals surface area contributed by atoms with Gasteiger partial charge in [0.2, 0.25) is 0 Å². The lowest BCUT2D eigenvalue weighted by atomic mass is 9.70. The highest BCUT2D eigenvalue weighted by Crippen LogP contribution is 2.66. The normalized spacial score (nSPS) is 25.9. The summed E-state index contributed by atoms with van der Waals surface area (Å²) >= 11 is 0. The molecule has 3 fully saturated rings. The Hall–Kier alpha value is -3.23. The van der Waals surface area contributed by atoms with Crippen molar-refractivity contribution in [1.82, 2.24) is 10.2 Å². The zero-order valence-electron chi connectivity index (χ0n) is 26.4. The lowest BCUT2D eigenvalue weighted by molar-refractivity contribution is -0.161. The van der Waals surface area contributed by atoms with Gasteiger partial charge in [0.15, 0.2) is 11.5 Å². The fraction of sp³-hybridized carbons (Fsp3) is 0.571. The van der Waals surface area contributed by atoms with Gasteiger partial charge < -0.3 is 29.9 Å². The van der Waals surface area contributed by atoms with Crippen LogP contribution in [0.15, 0.2) is 48.5 Å². The average Bonchev–Trinajstić information content (AvgIpc) is 3.58. The molecule has 0 radical (unpaired) electrons. The predicted molar refractivity (Wildman–Crippen MR) is 168 cm³/mol. The SMILES string of the molecule is CN1CCCC1C(=O)OC1CC2CCC1(C)C2(C)C.CN[C@H](C=O)Cc1ccccc1.O=CCCc1ccc(O)c(O)c1. The van der Waals surface area contributed by atoms with E-state index in [9.17, 15) is 14.4 Å². The van der Waals surface area contributed by atoms with Gasteiger partial charge in [-0.1, -0.05) is 57.2 Å². The van der Waals surface area contributed by atoms with E-state index in [0.29, 0.717) is 18.3 Å². The number of aryl methyl sites for hydroxylation is 1. The van der Waals surface area contributed by atoms with E-state index < -0.39 is 0 Å². The van der Waals surface area contributed by atoms with Crippen molar-refractivity contribution in [2.75, 3.05) is 20.6 Å². The predicted octanol–water partition coefficient (Wildman–Crippen LogP) is 5.08. The molecule has 2 aliphatic carbocycles. The van der Waals surface area contributed by atoms with Crippen LogP contribution in [-0.4, -0.2) is 72.5 Å². The fourth-order valence-electron chi connectivity index (χ4n) is 6.77. The Morgan fingerprint density at radius 2 is 1.79 bits per heavy atom. The first-order valence-electron chi connectivity index (χ1n) is 15.5. The van der Waals surface area contributed by atoms with E-state index >= 15 is 0 Å². The second-order valence-electron chi connectivity index (χ2n) is 12.9. The van der Waals surface area contributed by atoms with Crippen molar-refractivity contribution in [3.05, 3.63) is 59.7 Å². The van der Waals surface area contributed by atoms with E-state index in [1.165, 1.54) is 30.5 Å². The number of aldehydes is 2. The van der Waals surface area contributed by atoms with Gasteiger partial charge in [0.05, 0.1) is 6.04 Å². The van der Waals surface area contributed by atoms with Crippen LogP contribution in [0.1, 0.15) is 70.4 Å². The Labute approximate surface area is 256 Å². The molecule has 236 valence electrons. The van der Waals surface area contributed by atoms with E-state index in [2.05, 4.69) is 31.0 Å². The minimum atomic E-state index is -0.140. The maximum Gasteiger partial charge on any atom is 0.323 e. The summed E-state index contributed by atoms with van der Waals surface area (Å²) in [5, 5.41) is 20.9. The molecule has 0 aromatic heterocycles. The smallest absolute Gasteiger partial charge is 0.323 e. The number of esters is 1. The summed E-state index contributed by atoms with van der Waals surface area (Å²) in [7, 11) is 3.83. The molecule has 8 heteroatoms. The van der Waals surface area contributed by atoms with Gasteiger partial charge >= 0.3 is 5.97 Å². The summed E-state index contributed by atoms with van der Waals surface area (Å²) in [5.41, 5.74) is 2.53. The lowest BCUT2D eigenvalue weighted by Crippen LogP contribution is -2.42. The molecule has 3 aliphatic rings. The average molecular weight is 595 g/mol. The molecule has 5 atom stereocenters. The Bertz CT molecular complexity index is 1200. The minimum absolute atomic E-state index is 0.00541. The number of nitrogens with zero attached hydrogens (tertiary/aromatic N) is 1. The molecule has 1 heterocycles. The minimum Gasteiger partial charge on any atom is -0.504 e. The van der Waals surface area contributed by atoms with E-state index in [4.69, 9.17) is 14.9 Å². The summed E-state index contributed by atoms with van der Waals surface area (Å²) in [6.07, 6.45) is 9.37. The van der Waals surface area contributed by atoms with Crippen LogP contribution < -0.4 is 5.32 Å². The molecule has 2 aromatic carbocycles. The van der Waals surface area contributed by atoms with Crippen LogP contribution in [0.25, 0.3) is 0 Å². The Kier molecular flexibility index (Phi) is 12.3. The number of ether oxygens (including phenoxy) is 1. The van der Waals surface area contributed by atoms with Crippen molar-refractivity contribution < 1.29 is 29.3 Å². The van der Waals surface area contributed by atoms with Gasteiger partial charge in [-0.25, -0.2) is 0 Å². The highest BCUT2D eigenvalue weighted by molar-refractivity contribution is 5.76. The lowest BCUT2D eigenvalue weighted by Gasteiger charge is -2.39. The van der Waals surface area contributed by atoms with E-state index in [1.54, 1.807) is 13.1 Å². The van der Waals surface area contributed by atoms with Gasteiger partial charge in [-0.2, -0.15) is 0 Å². The van der Waals surface area contributed by atoms with E-state index in [0.717, 1.165) is 56.3 Å². The molecule has 1 aliphatic heterocycles. The van der Waals surface area contributed by atoms with Gasteiger partial charge in [0.1, 0.15) is 24.7 Å². The Morgan fingerprint density at radius 3 is 2.30 bits per heavy atom. The second-order valence-corrected chi connectivity index (χ2v) is 12.9. The maximum absolute atomic E-state index is 12.4. The highest BCUT2D eigenvalue weighted by Gasteiger charge is 2.63. The molecule has 2 bridgehead atoms. The Balaban J connectivity index is 0.000000186. The monoisotopic (exact) mass is 594 g/mol. The summed E-state index contributed by atoms with van der Waals surface area (Å²) in [5.74, 6) is 0.481. The molecule has 2 saturated carbocycles. The number of phenols is 2.